The molecule has 4 heteroatoms. The molecule has 2 rings (SSSR count). The summed E-state index contributed by atoms with van der Waals surface area (Å²) in [4.78, 5) is 6.63. The second-order valence-electron chi connectivity index (χ2n) is 4.19. The Kier molecular flexibility index (Phi) is 3.26. The van der Waals surface area contributed by atoms with Crippen LogP contribution in [0, 0.1) is 0 Å². The Labute approximate surface area is 91.3 Å². The van der Waals surface area contributed by atoms with E-state index in [1.807, 2.05) is 12.4 Å². The van der Waals surface area contributed by atoms with Gasteiger partial charge in [-0.3, -0.25) is 0 Å². The molecule has 1 fully saturated rings. The number of anilines is 1. The fourth-order valence-electron chi connectivity index (χ4n) is 2.21. The van der Waals surface area contributed by atoms with Gasteiger partial charge >= 0.3 is 0 Å². The van der Waals surface area contributed by atoms with Gasteiger partial charge in [0.15, 0.2) is 0 Å². The van der Waals surface area contributed by atoms with Gasteiger partial charge in [-0.25, -0.2) is 4.98 Å². The van der Waals surface area contributed by atoms with Gasteiger partial charge in [-0.2, -0.15) is 0 Å². The third-order valence-electron chi connectivity index (χ3n) is 3.03. The van der Waals surface area contributed by atoms with Crippen LogP contribution in [0.5, 0.6) is 0 Å². The van der Waals surface area contributed by atoms with Crippen molar-refractivity contribution >= 4 is 5.95 Å². The largest absolute Gasteiger partial charge is 0.344 e. The maximum atomic E-state index is 4.39. The zero-order chi connectivity index (χ0) is 10.7. The predicted molar refractivity (Wildman–Crippen MR) is 62.2 cm³/mol. The molecule has 84 valence electrons. The van der Waals surface area contributed by atoms with Gasteiger partial charge in [-0.05, 0) is 26.3 Å². The van der Waals surface area contributed by atoms with E-state index < -0.39 is 0 Å². The molecule has 4 nitrogen and oxygen atoms in total. The summed E-state index contributed by atoms with van der Waals surface area (Å²) >= 11 is 0. The second-order valence-corrected chi connectivity index (χ2v) is 4.19. The number of hydrogen-bond acceptors (Lipinski definition) is 3. The number of imidazole rings is 1. The van der Waals surface area contributed by atoms with Crippen molar-refractivity contribution < 1.29 is 0 Å². The summed E-state index contributed by atoms with van der Waals surface area (Å²) in [7, 11) is 2.12. The molecular formula is C11H20N4. The summed E-state index contributed by atoms with van der Waals surface area (Å²) in [5.74, 6) is 1.08. The number of likely N-dealkylation sites (N-methyl/N-ethyl adjacent to an activating group) is 1. The number of rotatable bonds is 4. The van der Waals surface area contributed by atoms with Gasteiger partial charge in [0.2, 0.25) is 5.95 Å². The third kappa shape index (κ3) is 2.31. The van der Waals surface area contributed by atoms with Crippen molar-refractivity contribution in [1.82, 2.24) is 14.9 Å². The van der Waals surface area contributed by atoms with E-state index in [1.165, 1.54) is 19.4 Å². The average Bonchev–Trinajstić information content (AvgIpc) is 2.86. The van der Waals surface area contributed by atoms with Crippen molar-refractivity contribution in [3.05, 3.63) is 12.4 Å². The SMILES string of the molecule is CCn1ccnc1N(C)CC1CCCN1. The highest BCUT2D eigenvalue weighted by molar-refractivity contribution is 5.30. The van der Waals surface area contributed by atoms with E-state index in [0.717, 1.165) is 19.0 Å². The average molecular weight is 208 g/mol. The maximum Gasteiger partial charge on any atom is 0.205 e. The van der Waals surface area contributed by atoms with Crippen LogP contribution in [0.15, 0.2) is 12.4 Å². The number of nitrogens with one attached hydrogen (secondary N) is 1. The Morgan fingerprint density at radius 1 is 1.67 bits per heavy atom. The Morgan fingerprint density at radius 3 is 3.20 bits per heavy atom. The summed E-state index contributed by atoms with van der Waals surface area (Å²) in [5, 5.41) is 3.51. The van der Waals surface area contributed by atoms with Gasteiger partial charge in [0.25, 0.3) is 0 Å². The van der Waals surface area contributed by atoms with Crippen LogP contribution < -0.4 is 10.2 Å². The van der Waals surface area contributed by atoms with Gasteiger partial charge < -0.3 is 14.8 Å². The normalized spacial score (nSPS) is 20.8. The smallest absolute Gasteiger partial charge is 0.205 e. The summed E-state index contributed by atoms with van der Waals surface area (Å²) in [6, 6.07) is 0.636. The lowest BCUT2D eigenvalue weighted by atomic mass is 10.2. The van der Waals surface area contributed by atoms with E-state index in [2.05, 4.69) is 33.7 Å². The van der Waals surface area contributed by atoms with Crippen LogP contribution in [-0.2, 0) is 6.54 Å². The van der Waals surface area contributed by atoms with E-state index in [-0.39, 0.29) is 0 Å². The molecule has 0 saturated carbocycles. The Bertz CT molecular complexity index is 301. The molecule has 1 aliphatic rings. The molecule has 15 heavy (non-hydrogen) atoms. The predicted octanol–water partition coefficient (Wildman–Crippen LogP) is 1.09. The summed E-state index contributed by atoms with van der Waals surface area (Å²) in [6.07, 6.45) is 6.50. The first-order valence-electron chi connectivity index (χ1n) is 5.77. The first kappa shape index (κ1) is 10.5. The topological polar surface area (TPSA) is 33.1 Å². The number of aromatic nitrogens is 2. The molecule has 0 amide bonds. The van der Waals surface area contributed by atoms with Gasteiger partial charge in [-0.1, -0.05) is 0 Å². The van der Waals surface area contributed by atoms with E-state index in [0.29, 0.717) is 6.04 Å². The van der Waals surface area contributed by atoms with Crippen LogP contribution in [0.2, 0.25) is 0 Å². The maximum absolute atomic E-state index is 4.39. The molecule has 1 N–H and O–H groups in total. The second kappa shape index (κ2) is 4.66. The molecular weight excluding hydrogens is 188 g/mol. The van der Waals surface area contributed by atoms with Crippen LogP contribution >= 0.6 is 0 Å². The van der Waals surface area contributed by atoms with Crippen molar-refractivity contribution in [1.29, 1.82) is 0 Å². The molecule has 0 aromatic carbocycles. The van der Waals surface area contributed by atoms with Gasteiger partial charge in [-0.15, -0.1) is 0 Å². The van der Waals surface area contributed by atoms with Gasteiger partial charge in [0.1, 0.15) is 0 Å². The highest BCUT2D eigenvalue weighted by Gasteiger charge is 2.17. The number of hydrogen-bond donors (Lipinski definition) is 1. The van der Waals surface area contributed by atoms with Crippen LogP contribution in [0.25, 0.3) is 0 Å². The lowest BCUT2D eigenvalue weighted by molar-refractivity contribution is 0.586. The highest BCUT2D eigenvalue weighted by atomic mass is 15.3. The van der Waals surface area contributed by atoms with Gasteiger partial charge in [0, 0.05) is 38.6 Å². The number of nitrogens with zero attached hydrogens (tertiary/aromatic N) is 3. The van der Waals surface area contributed by atoms with Crippen molar-refractivity contribution in [2.45, 2.75) is 32.4 Å². The van der Waals surface area contributed by atoms with E-state index in [4.69, 9.17) is 0 Å². The molecule has 0 radical (unpaired) electrons. The summed E-state index contributed by atoms with van der Waals surface area (Å²) < 4.78 is 2.18. The highest BCUT2D eigenvalue weighted by Crippen LogP contribution is 2.13. The van der Waals surface area contributed by atoms with Crippen molar-refractivity contribution in [2.24, 2.45) is 0 Å². The molecule has 1 atom stereocenters. The van der Waals surface area contributed by atoms with Crippen LogP contribution in [0.1, 0.15) is 19.8 Å². The fraction of sp³-hybridized carbons (Fsp3) is 0.727. The Hall–Kier alpha value is -1.03. The zero-order valence-electron chi connectivity index (χ0n) is 9.61. The molecule has 1 aromatic heterocycles. The van der Waals surface area contributed by atoms with Crippen LogP contribution in [0.4, 0.5) is 5.95 Å². The van der Waals surface area contributed by atoms with E-state index >= 15 is 0 Å². The Morgan fingerprint density at radius 2 is 2.53 bits per heavy atom. The first-order chi connectivity index (χ1) is 7.31. The standard InChI is InChI=1S/C11H20N4/c1-3-15-8-7-13-11(15)14(2)9-10-5-4-6-12-10/h7-8,10,12H,3-6,9H2,1-2H3. The summed E-state index contributed by atoms with van der Waals surface area (Å²) in [5.41, 5.74) is 0. The fourth-order valence-corrected chi connectivity index (χ4v) is 2.21. The minimum atomic E-state index is 0.636. The first-order valence-corrected chi connectivity index (χ1v) is 5.77. The minimum Gasteiger partial charge on any atom is -0.344 e. The van der Waals surface area contributed by atoms with Crippen LogP contribution in [-0.4, -0.2) is 35.7 Å². The zero-order valence-corrected chi connectivity index (χ0v) is 9.61. The molecule has 1 aromatic rings. The minimum absolute atomic E-state index is 0.636. The van der Waals surface area contributed by atoms with Crippen molar-refractivity contribution in [3.63, 3.8) is 0 Å². The quantitative estimate of drug-likeness (QED) is 0.804. The van der Waals surface area contributed by atoms with Gasteiger partial charge in [0.05, 0.1) is 0 Å². The van der Waals surface area contributed by atoms with Crippen molar-refractivity contribution in [3.8, 4) is 0 Å². The van der Waals surface area contributed by atoms with E-state index in [9.17, 15) is 0 Å². The number of aryl methyl sites for hydroxylation is 1. The lowest BCUT2D eigenvalue weighted by Crippen LogP contribution is -2.36. The molecule has 1 aliphatic heterocycles. The molecule has 1 unspecified atom stereocenters. The van der Waals surface area contributed by atoms with Crippen LogP contribution in [0.3, 0.4) is 0 Å². The molecule has 0 spiro atoms. The monoisotopic (exact) mass is 208 g/mol. The lowest BCUT2D eigenvalue weighted by Gasteiger charge is -2.22. The Balaban J connectivity index is 1.97. The third-order valence-corrected chi connectivity index (χ3v) is 3.03. The molecule has 0 aliphatic carbocycles. The van der Waals surface area contributed by atoms with Crippen molar-refractivity contribution in [2.75, 3.05) is 25.0 Å². The molecule has 0 bridgehead atoms. The van der Waals surface area contributed by atoms with E-state index in [1.54, 1.807) is 0 Å². The molecule has 1 saturated heterocycles. The summed E-state index contributed by atoms with van der Waals surface area (Å²) in [6.45, 7) is 5.35. The molecule has 2 heterocycles.